The van der Waals surface area contributed by atoms with Crippen LogP contribution in [-0.2, 0) is 11.3 Å². The Balaban J connectivity index is 2.05. The summed E-state index contributed by atoms with van der Waals surface area (Å²) in [6, 6.07) is 3.51. The van der Waals surface area contributed by atoms with Gasteiger partial charge >= 0.3 is 0 Å². The van der Waals surface area contributed by atoms with Gasteiger partial charge < -0.3 is 9.80 Å². The van der Waals surface area contributed by atoms with Gasteiger partial charge in [0, 0.05) is 37.8 Å². The van der Waals surface area contributed by atoms with Crippen LogP contribution in [0, 0.1) is 5.92 Å². The Kier molecular flexibility index (Phi) is 4.37. The highest BCUT2D eigenvalue weighted by Crippen LogP contribution is 2.13. The summed E-state index contributed by atoms with van der Waals surface area (Å²) in [5, 5.41) is 0. The molecule has 108 valence electrons. The van der Waals surface area contributed by atoms with E-state index < -0.39 is 0 Å². The van der Waals surface area contributed by atoms with Crippen LogP contribution < -0.4 is 0 Å². The van der Waals surface area contributed by atoms with E-state index in [4.69, 9.17) is 0 Å². The van der Waals surface area contributed by atoms with Gasteiger partial charge in [-0.3, -0.25) is 14.6 Å². The molecule has 0 aliphatic carbocycles. The molecule has 0 radical (unpaired) electrons. The zero-order chi connectivity index (χ0) is 14.7. The van der Waals surface area contributed by atoms with Gasteiger partial charge in [-0.1, -0.05) is 13.8 Å². The van der Waals surface area contributed by atoms with E-state index in [1.807, 2.05) is 18.7 Å². The fourth-order valence-corrected chi connectivity index (χ4v) is 2.16. The fourth-order valence-electron chi connectivity index (χ4n) is 2.16. The van der Waals surface area contributed by atoms with Crippen LogP contribution in [0.25, 0.3) is 0 Å². The number of nitrogens with zero attached hydrogens (tertiary/aromatic N) is 3. The van der Waals surface area contributed by atoms with Gasteiger partial charge in [0.05, 0.1) is 12.2 Å². The highest BCUT2D eigenvalue weighted by atomic mass is 16.2. The first kappa shape index (κ1) is 14.5. The summed E-state index contributed by atoms with van der Waals surface area (Å²) >= 11 is 0. The molecule has 1 aromatic heterocycles. The molecule has 5 nitrogen and oxygen atoms in total. The highest BCUT2D eigenvalue weighted by molar-refractivity contribution is 5.94. The third kappa shape index (κ3) is 3.15. The third-order valence-electron chi connectivity index (χ3n) is 3.48. The number of carbonyl (C=O) groups is 2. The monoisotopic (exact) mass is 275 g/mol. The molecule has 0 atom stereocenters. The molecule has 0 aromatic carbocycles. The molecule has 0 saturated carbocycles. The van der Waals surface area contributed by atoms with E-state index >= 15 is 0 Å². The Hall–Kier alpha value is -1.91. The van der Waals surface area contributed by atoms with E-state index in [0.29, 0.717) is 12.1 Å². The first-order valence-electron chi connectivity index (χ1n) is 6.98. The molecular formula is C15H21N3O2. The van der Waals surface area contributed by atoms with Crippen LogP contribution in [0.3, 0.4) is 0 Å². The summed E-state index contributed by atoms with van der Waals surface area (Å²) in [5.74, 6) is 0.0925. The predicted molar refractivity (Wildman–Crippen MR) is 76.1 cm³/mol. The van der Waals surface area contributed by atoms with Crippen LogP contribution in [0.15, 0.2) is 18.3 Å². The van der Waals surface area contributed by atoms with Crippen molar-refractivity contribution in [2.45, 2.75) is 26.8 Å². The van der Waals surface area contributed by atoms with Gasteiger partial charge in [0.1, 0.15) is 0 Å². The van der Waals surface area contributed by atoms with E-state index in [1.165, 1.54) is 0 Å². The predicted octanol–water partition coefficient (Wildman–Crippen LogP) is 1.54. The molecule has 2 heterocycles. The van der Waals surface area contributed by atoms with Crippen molar-refractivity contribution < 1.29 is 9.59 Å². The molecule has 0 N–H and O–H groups in total. The first-order valence-corrected chi connectivity index (χ1v) is 6.98. The topological polar surface area (TPSA) is 53.5 Å². The Morgan fingerprint density at radius 2 is 2.10 bits per heavy atom. The Labute approximate surface area is 119 Å². The quantitative estimate of drug-likeness (QED) is 0.837. The van der Waals surface area contributed by atoms with Crippen molar-refractivity contribution in [3.63, 3.8) is 0 Å². The van der Waals surface area contributed by atoms with Crippen molar-refractivity contribution in [3.05, 3.63) is 29.6 Å². The maximum Gasteiger partial charge on any atom is 0.253 e. The SMILES string of the molecule is CC(C)C(=O)N(C)Cc1cc(C(=O)N2CCC2)ccn1. The largest absolute Gasteiger partial charge is 0.340 e. The van der Waals surface area contributed by atoms with Gasteiger partial charge in [-0.2, -0.15) is 0 Å². The van der Waals surface area contributed by atoms with Crippen LogP contribution in [0.1, 0.15) is 36.3 Å². The lowest BCUT2D eigenvalue weighted by molar-refractivity contribution is -0.133. The molecular weight excluding hydrogens is 254 g/mol. The molecule has 0 bridgehead atoms. The number of hydrogen-bond donors (Lipinski definition) is 0. The molecule has 2 amide bonds. The van der Waals surface area contributed by atoms with Gasteiger partial charge in [0.15, 0.2) is 0 Å². The average molecular weight is 275 g/mol. The van der Waals surface area contributed by atoms with Gasteiger partial charge in [0.25, 0.3) is 5.91 Å². The molecule has 1 saturated heterocycles. The van der Waals surface area contributed by atoms with Crippen LogP contribution in [0.2, 0.25) is 0 Å². The van der Waals surface area contributed by atoms with Crippen LogP contribution in [0.4, 0.5) is 0 Å². The Morgan fingerprint density at radius 1 is 1.40 bits per heavy atom. The number of likely N-dealkylation sites (tertiary alicyclic amines) is 1. The summed E-state index contributed by atoms with van der Waals surface area (Å²) in [7, 11) is 1.76. The summed E-state index contributed by atoms with van der Waals surface area (Å²) < 4.78 is 0. The summed E-state index contributed by atoms with van der Waals surface area (Å²) in [6.45, 7) is 5.84. The molecule has 1 aliphatic heterocycles. The number of hydrogen-bond acceptors (Lipinski definition) is 3. The normalized spacial score (nSPS) is 14.1. The smallest absolute Gasteiger partial charge is 0.253 e. The second-order valence-corrected chi connectivity index (χ2v) is 5.53. The minimum Gasteiger partial charge on any atom is -0.340 e. The van der Waals surface area contributed by atoms with Crippen molar-refractivity contribution in [1.29, 1.82) is 0 Å². The van der Waals surface area contributed by atoms with Crippen molar-refractivity contribution >= 4 is 11.8 Å². The van der Waals surface area contributed by atoms with Gasteiger partial charge in [0.2, 0.25) is 5.91 Å². The van der Waals surface area contributed by atoms with Crippen molar-refractivity contribution in [2.24, 2.45) is 5.92 Å². The van der Waals surface area contributed by atoms with E-state index in [0.717, 1.165) is 25.2 Å². The lowest BCUT2D eigenvalue weighted by atomic mass is 10.1. The maximum atomic E-state index is 12.1. The lowest BCUT2D eigenvalue weighted by Crippen LogP contribution is -2.42. The van der Waals surface area contributed by atoms with E-state index in [1.54, 1.807) is 30.3 Å². The van der Waals surface area contributed by atoms with E-state index in [-0.39, 0.29) is 17.7 Å². The Morgan fingerprint density at radius 3 is 2.65 bits per heavy atom. The van der Waals surface area contributed by atoms with Crippen molar-refractivity contribution in [1.82, 2.24) is 14.8 Å². The summed E-state index contributed by atoms with van der Waals surface area (Å²) in [4.78, 5) is 31.7. The first-order chi connectivity index (χ1) is 9.49. The summed E-state index contributed by atoms with van der Waals surface area (Å²) in [5.41, 5.74) is 1.40. The average Bonchev–Trinajstić information content (AvgIpc) is 2.35. The number of amides is 2. The number of carbonyl (C=O) groups excluding carboxylic acids is 2. The number of rotatable bonds is 4. The zero-order valence-corrected chi connectivity index (χ0v) is 12.3. The molecule has 1 aromatic rings. The van der Waals surface area contributed by atoms with E-state index in [9.17, 15) is 9.59 Å². The fraction of sp³-hybridized carbons (Fsp3) is 0.533. The molecule has 1 aliphatic rings. The number of aromatic nitrogens is 1. The highest BCUT2D eigenvalue weighted by Gasteiger charge is 2.22. The van der Waals surface area contributed by atoms with Gasteiger partial charge in [-0.05, 0) is 18.6 Å². The second kappa shape index (κ2) is 6.03. The Bertz CT molecular complexity index is 510. The van der Waals surface area contributed by atoms with Crippen LogP contribution in [-0.4, -0.2) is 46.7 Å². The molecule has 0 spiro atoms. The minimum atomic E-state index is -0.0362. The third-order valence-corrected chi connectivity index (χ3v) is 3.48. The molecule has 20 heavy (non-hydrogen) atoms. The van der Waals surface area contributed by atoms with Crippen LogP contribution in [0.5, 0.6) is 0 Å². The zero-order valence-electron chi connectivity index (χ0n) is 12.3. The lowest BCUT2D eigenvalue weighted by Gasteiger charge is -2.31. The van der Waals surface area contributed by atoms with Crippen molar-refractivity contribution in [3.8, 4) is 0 Å². The van der Waals surface area contributed by atoms with Crippen LogP contribution >= 0.6 is 0 Å². The van der Waals surface area contributed by atoms with Crippen molar-refractivity contribution in [2.75, 3.05) is 20.1 Å². The molecule has 0 unspecified atom stereocenters. The molecule has 2 rings (SSSR count). The standard InChI is InChI=1S/C15H21N3O2/c1-11(2)14(19)17(3)10-13-9-12(5-6-16-13)15(20)18-7-4-8-18/h5-6,9,11H,4,7-8,10H2,1-3H3. The van der Waals surface area contributed by atoms with Gasteiger partial charge in [-0.15, -0.1) is 0 Å². The number of pyridine rings is 1. The second-order valence-electron chi connectivity index (χ2n) is 5.53. The maximum absolute atomic E-state index is 12.1. The summed E-state index contributed by atoms with van der Waals surface area (Å²) in [6.07, 6.45) is 2.71. The minimum absolute atomic E-state index is 0.0362. The van der Waals surface area contributed by atoms with E-state index in [2.05, 4.69) is 4.98 Å². The van der Waals surface area contributed by atoms with Gasteiger partial charge in [-0.25, -0.2) is 0 Å². The molecule has 1 fully saturated rings. The molecule has 5 heteroatoms.